The summed E-state index contributed by atoms with van der Waals surface area (Å²) in [5.41, 5.74) is 0. The molecule has 0 bridgehead atoms. The van der Waals surface area contributed by atoms with Gasteiger partial charge in [0.2, 0.25) is 17.8 Å². The Bertz CT molecular complexity index is 451. The standard InChI is InChI=1S/C9H13N7/c1-3-12-8-13-7(10-2)14-9(15-8)16-5-4-11-6-16/h4-6H,3H2,1-2H3,(H2,10,12,13,14,15). The molecule has 0 aromatic carbocycles. The summed E-state index contributed by atoms with van der Waals surface area (Å²) < 4.78 is 1.73. The summed E-state index contributed by atoms with van der Waals surface area (Å²) in [6, 6.07) is 0. The Balaban J connectivity index is 2.41. The van der Waals surface area contributed by atoms with Crippen molar-refractivity contribution in [2.75, 3.05) is 24.2 Å². The van der Waals surface area contributed by atoms with Crippen LogP contribution in [0.15, 0.2) is 18.7 Å². The Morgan fingerprint density at radius 2 is 2.06 bits per heavy atom. The third kappa shape index (κ3) is 2.08. The number of anilines is 2. The molecule has 0 aliphatic rings. The number of imidazole rings is 1. The Morgan fingerprint density at radius 3 is 2.69 bits per heavy atom. The van der Waals surface area contributed by atoms with Crippen LogP contribution in [0.1, 0.15) is 6.92 Å². The fourth-order valence-corrected chi connectivity index (χ4v) is 1.21. The average molecular weight is 219 g/mol. The molecular weight excluding hydrogens is 206 g/mol. The normalized spacial score (nSPS) is 10.1. The van der Waals surface area contributed by atoms with E-state index in [-0.39, 0.29) is 0 Å². The summed E-state index contributed by atoms with van der Waals surface area (Å²) in [6.45, 7) is 2.75. The highest BCUT2D eigenvalue weighted by Crippen LogP contribution is 2.08. The monoisotopic (exact) mass is 219 g/mol. The van der Waals surface area contributed by atoms with E-state index in [0.717, 1.165) is 6.54 Å². The second-order valence-electron chi connectivity index (χ2n) is 3.03. The van der Waals surface area contributed by atoms with Gasteiger partial charge in [-0.05, 0) is 6.92 Å². The van der Waals surface area contributed by atoms with Crippen LogP contribution in [0, 0.1) is 0 Å². The highest BCUT2D eigenvalue weighted by atomic mass is 15.3. The quantitative estimate of drug-likeness (QED) is 0.780. The van der Waals surface area contributed by atoms with Gasteiger partial charge in [-0.25, -0.2) is 4.98 Å². The Hall–Kier alpha value is -2.18. The minimum atomic E-state index is 0.523. The summed E-state index contributed by atoms with van der Waals surface area (Å²) in [5, 5.41) is 5.94. The molecule has 0 fully saturated rings. The molecule has 0 amide bonds. The van der Waals surface area contributed by atoms with Crippen LogP contribution in [0.3, 0.4) is 0 Å². The van der Waals surface area contributed by atoms with Crippen molar-refractivity contribution in [2.24, 2.45) is 0 Å². The summed E-state index contributed by atoms with van der Waals surface area (Å²) in [6.07, 6.45) is 5.10. The van der Waals surface area contributed by atoms with Crippen molar-refractivity contribution in [3.63, 3.8) is 0 Å². The predicted molar refractivity (Wildman–Crippen MR) is 60.7 cm³/mol. The minimum Gasteiger partial charge on any atom is -0.357 e. The van der Waals surface area contributed by atoms with Gasteiger partial charge in [0, 0.05) is 26.0 Å². The molecular formula is C9H13N7. The van der Waals surface area contributed by atoms with Gasteiger partial charge >= 0.3 is 0 Å². The van der Waals surface area contributed by atoms with Crippen LogP contribution in [-0.4, -0.2) is 38.1 Å². The number of aromatic nitrogens is 5. The van der Waals surface area contributed by atoms with Gasteiger partial charge in [-0.2, -0.15) is 15.0 Å². The number of hydrogen-bond donors (Lipinski definition) is 2. The molecule has 0 aliphatic heterocycles. The van der Waals surface area contributed by atoms with Crippen LogP contribution in [0.2, 0.25) is 0 Å². The SMILES string of the molecule is CCNc1nc(NC)nc(-n2ccnc2)n1. The molecule has 16 heavy (non-hydrogen) atoms. The lowest BCUT2D eigenvalue weighted by molar-refractivity contribution is 0.894. The fraction of sp³-hybridized carbons (Fsp3) is 0.333. The molecule has 2 heterocycles. The molecule has 0 radical (unpaired) electrons. The fourth-order valence-electron chi connectivity index (χ4n) is 1.21. The van der Waals surface area contributed by atoms with E-state index in [4.69, 9.17) is 0 Å². The third-order valence-electron chi connectivity index (χ3n) is 1.92. The summed E-state index contributed by atoms with van der Waals surface area (Å²) in [5.74, 6) is 1.60. The van der Waals surface area contributed by atoms with Crippen molar-refractivity contribution in [3.05, 3.63) is 18.7 Å². The Morgan fingerprint density at radius 1 is 1.25 bits per heavy atom. The second kappa shape index (κ2) is 4.56. The first-order valence-electron chi connectivity index (χ1n) is 4.99. The van der Waals surface area contributed by atoms with E-state index in [1.54, 1.807) is 30.3 Å². The van der Waals surface area contributed by atoms with Gasteiger partial charge in [-0.3, -0.25) is 4.57 Å². The van der Waals surface area contributed by atoms with Crippen LogP contribution in [-0.2, 0) is 0 Å². The molecule has 2 aromatic heterocycles. The number of hydrogen-bond acceptors (Lipinski definition) is 6. The topological polar surface area (TPSA) is 80.5 Å². The Labute approximate surface area is 93.0 Å². The predicted octanol–water partition coefficient (Wildman–Crippen LogP) is 0.531. The zero-order valence-electron chi connectivity index (χ0n) is 9.18. The van der Waals surface area contributed by atoms with Crippen molar-refractivity contribution in [1.29, 1.82) is 0 Å². The maximum atomic E-state index is 4.26. The summed E-state index contributed by atoms with van der Waals surface area (Å²) in [4.78, 5) is 16.6. The summed E-state index contributed by atoms with van der Waals surface area (Å²) >= 11 is 0. The molecule has 2 aromatic rings. The number of nitrogens with one attached hydrogen (secondary N) is 2. The highest BCUT2D eigenvalue weighted by Gasteiger charge is 2.05. The van der Waals surface area contributed by atoms with Gasteiger partial charge in [-0.1, -0.05) is 0 Å². The first kappa shape index (κ1) is 10.3. The average Bonchev–Trinajstić information content (AvgIpc) is 2.82. The van der Waals surface area contributed by atoms with E-state index in [1.165, 1.54) is 0 Å². The highest BCUT2D eigenvalue weighted by molar-refractivity contribution is 5.37. The lowest BCUT2D eigenvalue weighted by Crippen LogP contribution is -2.10. The van der Waals surface area contributed by atoms with E-state index in [1.807, 2.05) is 6.92 Å². The van der Waals surface area contributed by atoms with Crippen molar-refractivity contribution in [2.45, 2.75) is 6.92 Å². The van der Waals surface area contributed by atoms with E-state index in [2.05, 4.69) is 30.6 Å². The molecule has 0 spiro atoms. The van der Waals surface area contributed by atoms with Crippen molar-refractivity contribution >= 4 is 11.9 Å². The third-order valence-corrected chi connectivity index (χ3v) is 1.92. The van der Waals surface area contributed by atoms with Crippen molar-refractivity contribution < 1.29 is 0 Å². The van der Waals surface area contributed by atoms with Gasteiger partial charge in [0.05, 0.1) is 0 Å². The van der Waals surface area contributed by atoms with Gasteiger partial charge in [-0.15, -0.1) is 0 Å². The largest absolute Gasteiger partial charge is 0.357 e. The maximum absolute atomic E-state index is 4.26. The number of nitrogens with zero attached hydrogens (tertiary/aromatic N) is 5. The van der Waals surface area contributed by atoms with E-state index >= 15 is 0 Å². The first-order valence-corrected chi connectivity index (χ1v) is 4.99. The van der Waals surface area contributed by atoms with Gasteiger partial charge in [0.15, 0.2) is 0 Å². The van der Waals surface area contributed by atoms with Crippen molar-refractivity contribution in [3.8, 4) is 5.95 Å². The maximum Gasteiger partial charge on any atom is 0.241 e. The zero-order valence-corrected chi connectivity index (χ0v) is 9.18. The molecule has 7 heteroatoms. The molecule has 7 nitrogen and oxygen atoms in total. The first-order chi connectivity index (χ1) is 7.83. The zero-order chi connectivity index (χ0) is 11.4. The number of rotatable bonds is 4. The smallest absolute Gasteiger partial charge is 0.241 e. The van der Waals surface area contributed by atoms with Gasteiger partial charge < -0.3 is 10.6 Å². The second-order valence-corrected chi connectivity index (χ2v) is 3.03. The van der Waals surface area contributed by atoms with Crippen LogP contribution in [0.5, 0.6) is 0 Å². The van der Waals surface area contributed by atoms with Crippen molar-refractivity contribution in [1.82, 2.24) is 24.5 Å². The van der Waals surface area contributed by atoms with Crippen LogP contribution in [0.25, 0.3) is 5.95 Å². The molecule has 2 rings (SSSR count). The van der Waals surface area contributed by atoms with E-state index in [9.17, 15) is 0 Å². The van der Waals surface area contributed by atoms with Crippen LogP contribution in [0.4, 0.5) is 11.9 Å². The molecule has 0 unspecified atom stereocenters. The molecule has 0 atom stereocenters. The van der Waals surface area contributed by atoms with Crippen LogP contribution >= 0.6 is 0 Å². The van der Waals surface area contributed by atoms with E-state index in [0.29, 0.717) is 17.8 Å². The van der Waals surface area contributed by atoms with Crippen LogP contribution < -0.4 is 10.6 Å². The molecule has 0 aliphatic carbocycles. The lowest BCUT2D eigenvalue weighted by Gasteiger charge is -2.07. The lowest BCUT2D eigenvalue weighted by atomic mass is 10.7. The van der Waals surface area contributed by atoms with E-state index < -0.39 is 0 Å². The molecule has 84 valence electrons. The molecule has 2 N–H and O–H groups in total. The van der Waals surface area contributed by atoms with Gasteiger partial charge in [0.25, 0.3) is 0 Å². The van der Waals surface area contributed by atoms with Gasteiger partial charge in [0.1, 0.15) is 6.33 Å². The Kier molecular flexibility index (Phi) is 2.95. The molecule has 0 saturated carbocycles. The molecule has 0 saturated heterocycles. The summed E-state index contributed by atoms with van der Waals surface area (Å²) in [7, 11) is 1.77. The minimum absolute atomic E-state index is 0.523.